The van der Waals surface area contributed by atoms with Crippen LogP contribution < -0.4 is 10.7 Å². The summed E-state index contributed by atoms with van der Waals surface area (Å²) in [6.07, 6.45) is 1.75. The molecule has 0 saturated carbocycles. The number of hydrogen-bond donors (Lipinski definition) is 1. The lowest BCUT2D eigenvalue weighted by Crippen LogP contribution is -2.16. The Labute approximate surface area is 99.1 Å². The summed E-state index contributed by atoms with van der Waals surface area (Å²) in [7, 11) is 0. The molecule has 0 atom stereocenters. The zero-order valence-corrected chi connectivity index (χ0v) is 11.0. The van der Waals surface area contributed by atoms with Crippen LogP contribution >= 0.6 is 0 Å². The van der Waals surface area contributed by atoms with Crippen molar-refractivity contribution < 1.29 is 4.84 Å². The van der Waals surface area contributed by atoms with E-state index in [9.17, 15) is 0 Å². The van der Waals surface area contributed by atoms with Gasteiger partial charge in [0, 0.05) is 11.1 Å². The van der Waals surface area contributed by atoms with Crippen LogP contribution in [-0.2, 0) is 5.41 Å². The van der Waals surface area contributed by atoms with Gasteiger partial charge in [-0.1, -0.05) is 65.5 Å². The highest BCUT2D eigenvalue weighted by molar-refractivity contribution is 5.59. The molecule has 0 radical (unpaired) electrons. The van der Waals surface area contributed by atoms with E-state index < -0.39 is 0 Å². The molecule has 0 aliphatic carbocycles. The van der Waals surface area contributed by atoms with Crippen molar-refractivity contribution in [1.29, 1.82) is 0 Å². The topological polar surface area (TPSA) is 35.2 Å². The van der Waals surface area contributed by atoms with Crippen LogP contribution in [0.2, 0.25) is 0 Å². The molecule has 90 valence electrons. The summed E-state index contributed by atoms with van der Waals surface area (Å²) in [6.45, 7) is 14.1. The highest BCUT2D eigenvalue weighted by Crippen LogP contribution is 2.33. The molecule has 0 bridgehead atoms. The summed E-state index contributed by atoms with van der Waals surface area (Å²) in [5.41, 5.74) is 2.05. The normalized spacial score (nSPS) is 10.1. The summed E-state index contributed by atoms with van der Waals surface area (Å²) in [4.78, 5) is 4.92. The molecule has 2 heteroatoms. The van der Waals surface area contributed by atoms with Crippen molar-refractivity contribution >= 4 is 6.08 Å². The van der Waals surface area contributed by atoms with Gasteiger partial charge in [0.15, 0.2) is 5.75 Å². The maximum atomic E-state index is 5.28. The SMILES string of the molecule is C=Cc1cccc(C(C)(C)C)c1ON.CC. The third-order valence-electron chi connectivity index (χ3n) is 2.19. The Bertz CT molecular complexity index is 337. The fourth-order valence-corrected chi connectivity index (χ4v) is 1.44. The first-order valence-electron chi connectivity index (χ1n) is 5.63. The van der Waals surface area contributed by atoms with Crippen molar-refractivity contribution in [2.24, 2.45) is 5.90 Å². The van der Waals surface area contributed by atoms with Crippen LogP contribution in [-0.4, -0.2) is 0 Å². The van der Waals surface area contributed by atoms with Crippen molar-refractivity contribution in [2.75, 3.05) is 0 Å². The van der Waals surface area contributed by atoms with E-state index >= 15 is 0 Å². The molecule has 0 aliphatic heterocycles. The molecule has 1 rings (SSSR count). The van der Waals surface area contributed by atoms with E-state index in [4.69, 9.17) is 10.7 Å². The second kappa shape index (κ2) is 6.33. The minimum atomic E-state index is 0.0216. The van der Waals surface area contributed by atoms with Gasteiger partial charge in [-0.25, -0.2) is 0 Å². The molecular weight excluding hydrogens is 198 g/mol. The summed E-state index contributed by atoms with van der Waals surface area (Å²) < 4.78 is 0. The van der Waals surface area contributed by atoms with Gasteiger partial charge in [-0.2, -0.15) is 5.90 Å². The van der Waals surface area contributed by atoms with Gasteiger partial charge in [-0.3, -0.25) is 0 Å². The van der Waals surface area contributed by atoms with Gasteiger partial charge >= 0.3 is 0 Å². The van der Waals surface area contributed by atoms with Gasteiger partial charge in [0.1, 0.15) is 0 Å². The van der Waals surface area contributed by atoms with Crippen molar-refractivity contribution in [3.63, 3.8) is 0 Å². The Morgan fingerprint density at radius 3 is 2.19 bits per heavy atom. The fourth-order valence-electron chi connectivity index (χ4n) is 1.44. The highest BCUT2D eigenvalue weighted by atomic mass is 16.6. The largest absolute Gasteiger partial charge is 0.411 e. The molecule has 16 heavy (non-hydrogen) atoms. The second-order valence-corrected chi connectivity index (χ2v) is 4.30. The van der Waals surface area contributed by atoms with Gasteiger partial charge in [-0.15, -0.1) is 0 Å². The quantitative estimate of drug-likeness (QED) is 0.768. The summed E-state index contributed by atoms with van der Waals surface area (Å²) in [5, 5.41) is 0. The van der Waals surface area contributed by atoms with E-state index in [1.54, 1.807) is 6.08 Å². The van der Waals surface area contributed by atoms with E-state index in [2.05, 4.69) is 27.4 Å². The molecular formula is C14H23NO. The van der Waals surface area contributed by atoms with Crippen LogP contribution in [0.5, 0.6) is 5.75 Å². The van der Waals surface area contributed by atoms with Crippen molar-refractivity contribution in [2.45, 2.75) is 40.0 Å². The van der Waals surface area contributed by atoms with Gasteiger partial charge < -0.3 is 4.84 Å². The fraction of sp³-hybridized carbons (Fsp3) is 0.429. The average Bonchev–Trinajstić information content (AvgIpc) is 2.29. The maximum Gasteiger partial charge on any atom is 0.157 e. The Kier molecular flexibility index (Phi) is 5.83. The van der Waals surface area contributed by atoms with Gasteiger partial charge in [0.25, 0.3) is 0 Å². The lowest BCUT2D eigenvalue weighted by molar-refractivity contribution is 0.323. The first-order valence-corrected chi connectivity index (χ1v) is 5.63. The lowest BCUT2D eigenvalue weighted by atomic mass is 9.85. The predicted molar refractivity (Wildman–Crippen MR) is 71.4 cm³/mol. The molecule has 2 nitrogen and oxygen atoms in total. The average molecular weight is 221 g/mol. The molecule has 0 unspecified atom stereocenters. The lowest BCUT2D eigenvalue weighted by Gasteiger charge is -2.22. The van der Waals surface area contributed by atoms with Gasteiger partial charge in [0.2, 0.25) is 0 Å². The smallest absolute Gasteiger partial charge is 0.157 e. The third kappa shape index (κ3) is 3.38. The van der Waals surface area contributed by atoms with Crippen LogP contribution in [0.4, 0.5) is 0 Å². The third-order valence-corrected chi connectivity index (χ3v) is 2.19. The predicted octanol–water partition coefficient (Wildman–Crippen LogP) is 3.91. The van der Waals surface area contributed by atoms with Crippen molar-refractivity contribution in [3.05, 3.63) is 35.9 Å². The van der Waals surface area contributed by atoms with Crippen molar-refractivity contribution in [1.82, 2.24) is 0 Å². The second-order valence-electron chi connectivity index (χ2n) is 4.30. The first-order chi connectivity index (χ1) is 7.50. The molecule has 0 amide bonds. The van der Waals surface area contributed by atoms with E-state index in [1.807, 2.05) is 32.0 Å². The van der Waals surface area contributed by atoms with E-state index in [0.29, 0.717) is 0 Å². The molecule has 0 aromatic heterocycles. The number of rotatable bonds is 2. The molecule has 0 fully saturated rings. The summed E-state index contributed by atoms with van der Waals surface area (Å²) in [5.74, 6) is 5.99. The summed E-state index contributed by atoms with van der Waals surface area (Å²) >= 11 is 0. The molecule has 0 aliphatic rings. The monoisotopic (exact) mass is 221 g/mol. The minimum absolute atomic E-state index is 0.0216. The Morgan fingerprint density at radius 1 is 1.25 bits per heavy atom. The number of para-hydroxylation sites is 1. The Morgan fingerprint density at radius 2 is 1.81 bits per heavy atom. The standard InChI is InChI=1S/C12H17NO.C2H6/c1-5-9-7-6-8-10(11(9)14-13)12(2,3)4;1-2/h5-8H,1,13H2,2-4H3;1-2H3. The van der Waals surface area contributed by atoms with E-state index in [1.165, 1.54) is 0 Å². The first kappa shape index (κ1) is 14.7. The number of nitrogens with two attached hydrogens (primary N) is 1. The molecule has 1 aromatic carbocycles. The van der Waals surface area contributed by atoms with Crippen molar-refractivity contribution in [3.8, 4) is 5.75 Å². The highest BCUT2D eigenvalue weighted by Gasteiger charge is 2.20. The van der Waals surface area contributed by atoms with E-state index in [0.717, 1.165) is 16.9 Å². The zero-order chi connectivity index (χ0) is 12.8. The molecule has 2 N–H and O–H groups in total. The van der Waals surface area contributed by atoms with Gasteiger partial charge in [-0.05, 0) is 5.41 Å². The molecule has 0 spiro atoms. The maximum absolute atomic E-state index is 5.28. The zero-order valence-electron chi connectivity index (χ0n) is 11.0. The van der Waals surface area contributed by atoms with Crippen LogP contribution in [0.3, 0.4) is 0 Å². The molecule has 0 heterocycles. The van der Waals surface area contributed by atoms with Crippen LogP contribution in [0.1, 0.15) is 45.7 Å². The van der Waals surface area contributed by atoms with Gasteiger partial charge in [0.05, 0.1) is 0 Å². The van der Waals surface area contributed by atoms with Crippen LogP contribution in [0, 0.1) is 0 Å². The molecule has 1 aromatic rings. The number of hydrogen-bond acceptors (Lipinski definition) is 2. The Hall–Kier alpha value is -1.28. The van der Waals surface area contributed by atoms with Crippen LogP contribution in [0.25, 0.3) is 6.08 Å². The minimum Gasteiger partial charge on any atom is -0.411 e. The van der Waals surface area contributed by atoms with Crippen LogP contribution in [0.15, 0.2) is 24.8 Å². The summed E-state index contributed by atoms with van der Waals surface area (Å²) in [6, 6.07) is 5.94. The molecule has 0 saturated heterocycles. The van der Waals surface area contributed by atoms with E-state index in [-0.39, 0.29) is 5.41 Å². The number of benzene rings is 1. The Balaban J connectivity index is 0.00000106.